The molecule has 0 saturated carbocycles. The van der Waals surface area contributed by atoms with E-state index in [0.29, 0.717) is 5.92 Å². The van der Waals surface area contributed by atoms with Crippen LogP contribution in [0.25, 0.3) is 0 Å². The first kappa shape index (κ1) is 22.9. The highest BCUT2D eigenvalue weighted by atomic mass is 19.4. The Morgan fingerprint density at radius 2 is 2.03 bits per heavy atom. The van der Waals surface area contributed by atoms with Crippen molar-refractivity contribution in [3.05, 3.63) is 71.8 Å². The number of rotatable bonds is 10. The van der Waals surface area contributed by atoms with Crippen LogP contribution in [0.5, 0.6) is 5.75 Å². The van der Waals surface area contributed by atoms with Crippen molar-refractivity contribution < 1.29 is 17.9 Å². The fraction of sp³-hybridized carbons (Fsp3) is 0.400. The van der Waals surface area contributed by atoms with E-state index in [1.54, 1.807) is 12.1 Å². The summed E-state index contributed by atoms with van der Waals surface area (Å²) in [6.07, 6.45) is 9.70. The van der Waals surface area contributed by atoms with E-state index in [4.69, 9.17) is 0 Å². The maximum Gasteiger partial charge on any atom is 0.573 e. The predicted molar refractivity (Wildman–Crippen MR) is 115 cm³/mol. The van der Waals surface area contributed by atoms with Crippen LogP contribution >= 0.6 is 0 Å². The van der Waals surface area contributed by atoms with Gasteiger partial charge < -0.3 is 4.74 Å². The number of unbranched alkanes of at least 4 members (excludes halogenated alkanes) is 2. The minimum absolute atomic E-state index is 0.0166. The minimum Gasteiger partial charge on any atom is -0.406 e. The Balaban J connectivity index is 1.34. The molecule has 0 heterocycles. The van der Waals surface area contributed by atoms with Gasteiger partial charge in [-0.15, -0.1) is 13.2 Å². The highest BCUT2D eigenvalue weighted by molar-refractivity contribution is 5.60. The van der Waals surface area contributed by atoms with Gasteiger partial charge in [0.05, 0.1) is 17.7 Å². The predicted octanol–water partition coefficient (Wildman–Crippen LogP) is 6.89. The summed E-state index contributed by atoms with van der Waals surface area (Å²) >= 11 is 0. The normalized spacial score (nSPS) is 19.4. The molecule has 0 aliphatic heterocycles. The number of nitrogens with zero attached hydrogens (tertiary/aromatic N) is 2. The molecule has 2 aliphatic carbocycles. The maximum atomic E-state index is 12.2. The van der Waals surface area contributed by atoms with Gasteiger partial charge in [0.1, 0.15) is 5.75 Å². The lowest BCUT2D eigenvalue weighted by atomic mass is 9.79. The van der Waals surface area contributed by atoms with Crippen molar-refractivity contribution in [3.8, 4) is 11.8 Å². The second-order valence-electron chi connectivity index (χ2n) is 7.90. The molecule has 1 aromatic rings. The first-order valence-electron chi connectivity index (χ1n) is 10.6. The van der Waals surface area contributed by atoms with Crippen LogP contribution in [-0.4, -0.2) is 12.6 Å². The highest BCUT2D eigenvalue weighted by Crippen LogP contribution is 2.39. The zero-order chi connectivity index (χ0) is 22.3. The Morgan fingerprint density at radius 1 is 1.29 bits per heavy atom. The molecule has 3 rings (SSSR count). The number of nitriles is 1. The quantitative estimate of drug-likeness (QED) is 0.301. The van der Waals surface area contributed by atoms with Crippen LogP contribution in [-0.2, 0) is 6.42 Å². The number of aryl methyl sites for hydroxylation is 1. The van der Waals surface area contributed by atoms with Gasteiger partial charge in [-0.25, -0.2) is 0 Å². The smallest absolute Gasteiger partial charge is 0.406 e. The van der Waals surface area contributed by atoms with Crippen LogP contribution in [0.15, 0.2) is 64.8 Å². The van der Waals surface area contributed by atoms with E-state index >= 15 is 0 Å². The molecule has 0 saturated heterocycles. The van der Waals surface area contributed by atoms with Crippen molar-refractivity contribution in [2.75, 3.05) is 0 Å². The average Bonchev–Trinajstić information content (AvgIpc) is 3.57. The number of halogens is 3. The SMILES string of the molecule is C=C(N=CCCCCc1ccc(OC(F)(F)F)cc1)C1=CCC(C(C#N)C2=C[CH]2)CC1. The number of allylic oxidation sites excluding steroid dienone is 4. The van der Waals surface area contributed by atoms with Crippen LogP contribution in [0.2, 0.25) is 0 Å². The summed E-state index contributed by atoms with van der Waals surface area (Å²) in [5, 5.41) is 9.36. The molecule has 2 atom stereocenters. The van der Waals surface area contributed by atoms with Gasteiger partial charge >= 0.3 is 6.36 Å². The van der Waals surface area contributed by atoms with Crippen molar-refractivity contribution in [2.24, 2.45) is 16.8 Å². The number of ether oxygens (including phenoxy) is 1. The zero-order valence-electron chi connectivity index (χ0n) is 17.4. The van der Waals surface area contributed by atoms with E-state index in [1.807, 2.05) is 18.7 Å². The lowest BCUT2D eigenvalue weighted by Crippen LogP contribution is -2.17. The van der Waals surface area contributed by atoms with Crippen LogP contribution < -0.4 is 4.74 Å². The van der Waals surface area contributed by atoms with Gasteiger partial charge in [0.15, 0.2) is 0 Å². The highest BCUT2D eigenvalue weighted by Gasteiger charge is 2.31. The number of aliphatic imine (C=N–C) groups is 1. The van der Waals surface area contributed by atoms with Crippen LogP contribution in [0, 0.1) is 29.6 Å². The summed E-state index contributed by atoms with van der Waals surface area (Å²) in [6, 6.07) is 8.43. The second-order valence-corrected chi connectivity index (χ2v) is 7.90. The third kappa shape index (κ3) is 7.43. The van der Waals surface area contributed by atoms with Gasteiger partial charge in [-0.1, -0.05) is 30.9 Å². The van der Waals surface area contributed by atoms with E-state index < -0.39 is 6.36 Å². The van der Waals surface area contributed by atoms with E-state index in [1.165, 1.54) is 23.3 Å². The van der Waals surface area contributed by atoms with Gasteiger partial charge in [0, 0.05) is 12.6 Å². The van der Waals surface area contributed by atoms with Crippen molar-refractivity contribution in [3.63, 3.8) is 0 Å². The van der Waals surface area contributed by atoms with Crippen LogP contribution in [0.4, 0.5) is 13.2 Å². The Hall–Kier alpha value is -2.81. The van der Waals surface area contributed by atoms with Gasteiger partial charge in [0.25, 0.3) is 0 Å². The molecule has 1 aromatic carbocycles. The average molecular weight is 427 g/mol. The molecule has 0 aromatic heterocycles. The summed E-state index contributed by atoms with van der Waals surface area (Å²) in [4.78, 5) is 4.48. The summed E-state index contributed by atoms with van der Waals surface area (Å²) in [5.74, 6) is 0.198. The first-order valence-corrected chi connectivity index (χ1v) is 10.6. The molecule has 3 nitrogen and oxygen atoms in total. The van der Waals surface area contributed by atoms with E-state index in [2.05, 4.69) is 28.5 Å². The van der Waals surface area contributed by atoms with E-state index in [9.17, 15) is 18.4 Å². The topological polar surface area (TPSA) is 45.4 Å². The molecule has 31 heavy (non-hydrogen) atoms. The number of benzene rings is 1. The van der Waals surface area contributed by atoms with Gasteiger partial charge in [0.2, 0.25) is 0 Å². The Bertz CT molecular complexity index is 904. The largest absolute Gasteiger partial charge is 0.573 e. The Kier molecular flexibility index (Phi) is 7.73. The fourth-order valence-electron chi connectivity index (χ4n) is 3.81. The van der Waals surface area contributed by atoms with Crippen molar-refractivity contribution >= 4 is 6.21 Å². The zero-order valence-corrected chi connectivity index (χ0v) is 17.4. The lowest BCUT2D eigenvalue weighted by Gasteiger charge is -2.24. The molecule has 0 N–H and O–H groups in total. The van der Waals surface area contributed by atoms with Gasteiger partial charge in [-0.05, 0) is 79.7 Å². The second kappa shape index (κ2) is 10.5. The van der Waals surface area contributed by atoms with Crippen LogP contribution in [0.1, 0.15) is 44.1 Å². The summed E-state index contributed by atoms with van der Waals surface area (Å²) in [5.41, 5.74) is 4.11. The molecule has 2 unspecified atom stereocenters. The van der Waals surface area contributed by atoms with Crippen LogP contribution in [0.3, 0.4) is 0 Å². The molecular weight excluding hydrogens is 401 g/mol. The number of alkyl halides is 3. The van der Waals surface area contributed by atoms with Gasteiger partial charge in [-0.3, -0.25) is 4.99 Å². The van der Waals surface area contributed by atoms with Gasteiger partial charge in [-0.2, -0.15) is 5.26 Å². The fourth-order valence-corrected chi connectivity index (χ4v) is 3.81. The molecule has 6 heteroatoms. The first-order chi connectivity index (χ1) is 14.9. The third-order valence-electron chi connectivity index (χ3n) is 5.60. The monoisotopic (exact) mass is 427 g/mol. The van der Waals surface area contributed by atoms with Crippen molar-refractivity contribution in [2.45, 2.75) is 51.3 Å². The Labute approximate surface area is 181 Å². The molecule has 0 fully saturated rings. The molecule has 0 bridgehead atoms. The molecule has 2 aliphatic rings. The molecule has 163 valence electrons. The third-order valence-corrected chi connectivity index (χ3v) is 5.60. The number of hydrogen-bond acceptors (Lipinski definition) is 3. The van der Waals surface area contributed by atoms with E-state index in [-0.39, 0.29) is 11.7 Å². The van der Waals surface area contributed by atoms with E-state index in [0.717, 1.165) is 56.2 Å². The standard InChI is InChI=1S/C25H26F3N2O/c1-18(20-8-10-21(11-9-20)24(17-29)22-12-13-22)30-16-4-2-3-5-19-6-14-23(15-7-19)31-25(26,27)28/h6-8,12-16,21,24H,1-5,9-11H2. The molecular formula is C25H26F3N2O. The molecule has 0 spiro atoms. The van der Waals surface area contributed by atoms with Crippen molar-refractivity contribution in [1.82, 2.24) is 0 Å². The molecule has 1 radical (unpaired) electrons. The minimum atomic E-state index is -4.66. The van der Waals surface area contributed by atoms with Crippen molar-refractivity contribution in [1.29, 1.82) is 5.26 Å². The maximum absolute atomic E-state index is 12.2. The summed E-state index contributed by atoms with van der Waals surface area (Å²) < 4.78 is 40.4. The number of hydrogen-bond donors (Lipinski definition) is 0. The lowest BCUT2D eigenvalue weighted by molar-refractivity contribution is -0.274. The Morgan fingerprint density at radius 3 is 2.61 bits per heavy atom. The summed E-state index contributed by atoms with van der Waals surface area (Å²) in [7, 11) is 0. The summed E-state index contributed by atoms with van der Waals surface area (Å²) in [6.45, 7) is 4.07. The molecule has 0 amide bonds.